The Bertz CT molecular complexity index is 306. The number of hydrogen-bond acceptors (Lipinski definition) is 3. The number of rotatable bonds is 5. The Morgan fingerprint density at radius 3 is 2.60 bits per heavy atom. The van der Waals surface area contributed by atoms with Crippen LogP contribution in [0, 0.1) is 0 Å². The minimum Gasteiger partial charge on any atom is -0.309 e. The maximum absolute atomic E-state index is 4.73. The van der Waals surface area contributed by atoms with E-state index in [1.807, 2.05) is 7.05 Å². The Balaban J connectivity index is 2.92. The molecule has 0 radical (unpaired) electrons. The van der Waals surface area contributed by atoms with Crippen molar-refractivity contribution in [2.45, 2.75) is 52.0 Å². The van der Waals surface area contributed by atoms with Crippen LogP contribution in [0.5, 0.6) is 0 Å². The summed E-state index contributed by atoms with van der Waals surface area (Å²) in [6.45, 7) is 8.83. The maximum atomic E-state index is 4.73. The third-order valence-corrected chi connectivity index (χ3v) is 4.01. The first-order valence-corrected chi connectivity index (χ1v) is 6.56. The highest BCUT2D eigenvalue weighted by Crippen LogP contribution is 2.30. The summed E-state index contributed by atoms with van der Waals surface area (Å²) in [5.41, 5.74) is 1.26. The fourth-order valence-electron chi connectivity index (χ4n) is 1.64. The molecule has 1 aromatic heterocycles. The second-order valence-corrected chi connectivity index (χ2v) is 5.42. The van der Waals surface area contributed by atoms with E-state index < -0.39 is 0 Å². The Labute approximate surface area is 97.1 Å². The van der Waals surface area contributed by atoms with Crippen molar-refractivity contribution in [2.75, 3.05) is 7.05 Å². The second-order valence-electron chi connectivity index (χ2n) is 4.56. The van der Waals surface area contributed by atoms with E-state index in [4.69, 9.17) is 4.98 Å². The van der Waals surface area contributed by atoms with Gasteiger partial charge in [0.2, 0.25) is 0 Å². The van der Waals surface area contributed by atoms with Crippen molar-refractivity contribution in [3.05, 3.63) is 16.1 Å². The van der Waals surface area contributed by atoms with Gasteiger partial charge in [0.1, 0.15) is 5.01 Å². The molecule has 0 amide bonds. The summed E-state index contributed by atoms with van der Waals surface area (Å²) in [7, 11) is 2.02. The van der Waals surface area contributed by atoms with Crippen LogP contribution in [-0.2, 0) is 5.54 Å². The number of nitrogens with zero attached hydrogens (tertiary/aromatic N) is 1. The molecule has 1 heterocycles. The van der Waals surface area contributed by atoms with Crippen molar-refractivity contribution in [3.8, 4) is 0 Å². The quantitative estimate of drug-likeness (QED) is 0.831. The molecule has 1 atom stereocenters. The van der Waals surface area contributed by atoms with Crippen molar-refractivity contribution < 1.29 is 0 Å². The highest BCUT2D eigenvalue weighted by molar-refractivity contribution is 7.09. The Morgan fingerprint density at radius 1 is 1.53 bits per heavy atom. The zero-order chi connectivity index (χ0) is 11.5. The van der Waals surface area contributed by atoms with Crippen molar-refractivity contribution in [1.82, 2.24) is 10.3 Å². The molecule has 0 saturated carbocycles. The predicted octanol–water partition coefficient (Wildman–Crippen LogP) is 3.50. The van der Waals surface area contributed by atoms with Crippen LogP contribution in [0.2, 0.25) is 0 Å². The highest BCUT2D eigenvalue weighted by Gasteiger charge is 2.27. The molecule has 0 fully saturated rings. The zero-order valence-corrected chi connectivity index (χ0v) is 11.2. The standard InChI is InChI=1S/C12H22N2S/c1-6-7-12(4,13-5)11-14-10(8-15-11)9(2)3/h8-9,13H,6-7H2,1-5H3. The molecule has 0 aliphatic heterocycles. The summed E-state index contributed by atoms with van der Waals surface area (Å²) in [6.07, 6.45) is 2.31. The lowest BCUT2D eigenvalue weighted by Gasteiger charge is -2.26. The smallest absolute Gasteiger partial charge is 0.113 e. The summed E-state index contributed by atoms with van der Waals surface area (Å²) in [5, 5.41) is 6.80. The molecule has 15 heavy (non-hydrogen) atoms. The van der Waals surface area contributed by atoms with Crippen LogP contribution in [0.4, 0.5) is 0 Å². The van der Waals surface area contributed by atoms with Gasteiger partial charge in [-0.1, -0.05) is 27.2 Å². The van der Waals surface area contributed by atoms with Gasteiger partial charge in [-0.05, 0) is 26.3 Å². The van der Waals surface area contributed by atoms with E-state index in [1.54, 1.807) is 11.3 Å². The second kappa shape index (κ2) is 5.08. The maximum Gasteiger partial charge on any atom is 0.113 e. The van der Waals surface area contributed by atoms with Gasteiger partial charge in [0, 0.05) is 5.38 Å². The first-order valence-electron chi connectivity index (χ1n) is 5.68. The van der Waals surface area contributed by atoms with Crippen LogP contribution in [0.1, 0.15) is 57.2 Å². The summed E-state index contributed by atoms with van der Waals surface area (Å²) < 4.78 is 0. The van der Waals surface area contributed by atoms with Gasteiger partial charge in [-0.3, -0.25) is 0 Å². The minimum atomic E-state index is 0.0482. The fourth-order valence-corrected chi connectivity index (χ4v) is 2.82. The van der Waals surface area contributed by atoms with Crippen molar-refractivity contribution >= 4 is 11.3 Å². The van der Waals surface area contributed by atoms with Gasteiger partial charge in [-0.25, -0.2) is 4.98 Å². The summed E-state index contributed by atoms with van der Waals surface area (Å²) in [4.78, 5) is 4.73. The first kappa shape index (κ1) is 12.7. The largest absolute Gasteiger partial charge is 0.309 e. The molecule has 1 unspecified atom stereocenters. The van der Waals surface area contributed by atoms with Crippen molar-refractivity contribution in [3.63, 3.8) is 0 Å². The zero-order valence-electron chi connectivity index (χ0n) is 10.4. The Kier molecular flexibility index (Phi) is 4.29. The third-order valence-electron chi connectivity index (χ3n) is 2.89. The summed E-state index contributed by atoms with van der Waals surface area (Å²) in [5.74, 6) is 0.526. The molecule has 0 aromatic carbocycles. The molecule has 1 N–H and O–H groups in total. The van der Waals surface area contributed by atoms with Crippen LogP contribution in [-0.4, -0.2) is 12.0 Å². The average Bonchev–Trinajstić information content (AvgIpc) is 2.67. The first-order chi connectivity index (χ1) is 7.03. The van der Waals surface area contributed by atoms with E-state index in [0.717, 1.165) is 6.42 Å². The number of aromatic nitrogens is 1. The molecule has 0 aliphatic rings. The Hall–Kier alpha value is -0.410. The van der Waals surface area contributed by atoms with Crippen LogP contribution < -0.4 is 5.32 Å². The van der Waals surface area contributed by atoms with Gasteiger partial charge in [0.15, 0.2) is 0 Å². The van der Waals surface area contributed by atoms with Crippen LogP contribution >= 0.6 is 11.3 Å². The van der Waals surface area contributed by atoms with E-state index in [-0.39, 0.29) is 5.54 Å². The van der Waals surface area contributed by atoms with Crippen molar-refractivity contribution in [2.24, 2.45) is 0 Å². The van der Waals surface area contributed by atoms with Gasteiger partial charge in [-0.15, -0.1) is 11.3 Å². The number of nitrogens with one attached hydrogen (secondary N) is 1. The van der Waals surface area contributed by atoms with Gasteiger partial charge in [0.05, 0.1) is 11.2 Å². The third kappa shape index (κ3) is 2.79. The average molecular weight is 226 g/mol. The van der Waals surface area contributed by atoms with Gasteiger partial charge < -0.3 is 5.32 Å². The van der Waals surface area contributed by atoms with Gasteiger partial charge in [0.25, 0.3) is 0 Å². The molecule has 0 saturated heterocycles. The fraction of sp³-hybridized carbons (Fsp3) is 0.750. The molecule has 0 spiro atoms. The summed E-state index contributed by atoms with van der Waals surface area (Å²) >= 11 is 1.78. The predicted molar refractivity (Wildman–Crippen MR) is 67.5 cm³/mol. The lowest BCUT2D eigenvalue weighted by Crippen LogP contribution is -2.36. The van der Waals surface area contributed by atoms with Crippen LogP contribution in [0.3, 0.4) is 0 Å². The molecule has 86 valence electrons. The van der Waals surface area contributed by atoms with E-state index in [9.17, 15) is 0 Å². The van der Waals surface area contributed by atoms with E-state index in [2.05, 4.69) is 38.4 Å². The van der Waals surface area contributed by atoms with Gasteiger partial charge >= 0.3 is 0 Å². The van der Waals surface area contributed by atoms with E-state index in [0.29, 0.717) is 5.92 Å². The van der Waals surface area contributed by atoms with Crippen molar-refractivity contribution in [1.29, 1.82) is 0 Å². The molecule has 1 rings (SSSR count). The normalized spacial score (nSPS) is 15.6. The topological polar surface area (TPSA) is 24.9 Å². The number of thiazole rings is 1. The molecule has 3 heteroatoms. The van der Waals surface area contributed by atoms with E-state index in [1.165, 1.54) is 17.1 Å². The SMILES string of the molecule is CCCC(C)(NC)c1nc(C(C)C)cs1. The molecule has 1 aromatic rings. The lowest BCUT2D eigenvalue weighted by molar-refractivity contribution is 0.363. The molecule has 0 aliphatic carbocycles. The monoisotopic (exact) mass is 226 g/mol. The van der Waals surface area contributed by atoms with Gasteiger partial charge in [-0.2, -0.15) is 0 Å². The molecular formula is C12H22N2S. The molecule has 0 bridgehead atoms. The lowest BCUT2D eigenvalue weighted by atomic mass is 9.97. The molecular weight excluding hydrogens is 204 g/mol. The van der Waals surface area contributed by atoms with E-state index >= 15 is 0 Å². The summed E-state index contributed by atoms with van der Waals surface area (Å²) in [6, 6.07) is 0. The highest BCUT2D eigenvalue weighted by atomic mass is 32.1. The Morgan fingerprint density at radius 2 is 2.20 bits per heavy atom. The molecule has 2 nitrogen and oxygen atoms in total. The number of hydrogen-bond donors (Lipinski definition) is 1. The minimum absolute atomic E-state index is 0.0482. The van der Waals surface area contributed by atoms with Crippen LogP contribution in [0.25, 0.3) is 0 Å². The van der Waals surface area contributed by atoms with Crippen LogP contribution in [0.15, 0.2) is 5.38 Å².